The van der Waals surface area contributed by atoms with Gasteiger partial charge in [0.05, 0.1) is 12.7 Å². The van der Waals surface area contributed by atoms with E-state index in [1.807, 2.05) is 0 Å². The predicted molar refractivity (Wildman–Crippen MR) is 71.7 cm³/mol. The van der Waals surface area contributed by atoms with E-state index < -0.39 is 0 Å². The van der Waals surface area contributed by atoms with E-state index in [1.54, 1.807) is 0 Å². The number of halogens is 1. The van der Waals surface area contributed by atoms with E-state index in [-0.39, 0.29) is 0 Å². The Morgan fingerprint density at radius 2 is 2.29 bits per heavy atom. The monoisotopic (exact) mass is 260 g/mol. The molecule has 0 radical (unpaired) electrons. The number of rotatable bonds is 5. The smallest absolute Gasteiger partial charge is 0.0826 e. The van der Waals surface area contributed by atoms with Gasteiger partial charge in [0.2, 0.25) is 0 Å². The van der Waals surface area contributed by atoms with Gasteiger partial charge in [0.15, 0.2) is 0 Å². The van der Waals surface area contributed by atoms with Crippen LogP contribution in [-0.2, 0) is 4.74 Å². The molecule has 0 aromatic carbocycles. The molecule has 4 heteroatoms. The molecule has 3 nitrogen and oxygen atoms in total. The first-order valence-corrected chi connectivity index (χ1v) is 7.50. The standard InChI is InChI=1S/C13H25ClN2O/c1-2-16-6-7-17-12(10-16)9-15-13-5-3-4-11(13)8-14/h11-13,15H,2-10H2,1H3. The Kier molecular flexibility index (Phi) is 5.54. The van der Waals surface area contributed by atoms with E-state index in [4.69, 9.17) is 16.3 Å². The molecule has 0 aromatic heterocycles. The molecule has 3 unspecified atom stereocenters. The lowest BCUT2D eigenvalue weighted by molar-refractivity contribution is -0.0267. The summed E-state index contributed by atoms with van der Waals surface area (Å²) in [5.41, 5.74) is 0. The van der Waals surface area contributed by atoms with Crippen molar-refractivity contribution in [3.05, 3.63) is 0 Å². The molecule has 1 heterocycles. The molecule has 1 aliphatic carbocycles. The maximum Gasteiger partial charge on any atom is 0.0826 e. The van der Waals surface area contributed by atoms with Crippen molar-refractivity contribution in [1.29, 1.82) is 0 Å². The Balaban J connectivity index is 1.70. The predicted octanol–water partition coefficient (Wildman–Crippen LogP) is 1.70. The van der Waals surface area contributed by atoms with Crippen LogP contribution < -0.4 is 5.32 Å². The van der Waals surface area contributed by atoms with E-state index in [2.05, 4.69) is 17.1 Å². The van der Waals surface area contributed by atoms with Gasteiger partial charge in [-0.05, 0) is 25.3 Å². The number of hydrogen-bond acceptors (Lipinski definition) is 3. The Morgan fingerprint density at radius 3 is 3.06 bits per heavy atom. The van der Waals surface area contributed by atoms with E-state index in [0.717, 1.165) is 38.7 Å². The topological polar surface area (TPSA) is 24.5 Å². The Morgan fingerprint density at radius 1 is 1.41 bits per heavy atom. The molecule has 100 valence electrons. The summed E-state index contributed by atoms with van der Waals surface area (Å²) in [5, 5.41) is 3.66. The van der Waals surface area contributed by atoms with Crippen LogP contribution in [0.3, 0.4) is 0 Å². The van der Waals surface area contributed by atoms with Crippen LogP contribution in [0.15, 0.2) is 0 Å². The minimum Gasteiger partial charge on any atom is -0.374 e. The van der Waals surface area contributed by atoms with Crippen LogP contribution in [0.25, 0.3) is 0 Å². The molecule has 2 rings (SSSR count). The third kappa shape index (κ3) is 3.82. The molecule has 0 amide bonds. The zero-order valence-electron chi connectivity index (χ0n) is 10.8. The summed E-state index contributed by atoms with van der Waals surface area (Å²) in [6.45, 7) is 7.37. The average Bonchev–Trinajstić information content (AvgIpc) is 2.84. The molecule has 1 N–H and O–H groups in total. The zero-order chi connectivity index (χ0) is 12.1. The first kappa shape index (κ1) is 13.6. The molecule has 1 aliphatic heterocycles. The van der Waals surface area contributed by atoms with Gasteiger partial charge in [0, 0.05) is 31.6 Å². The summed E-state index contributed by atoms with van der Waals surface area (Å²) < 4.78 is 5.80. The van der Waals surface area contributed by atoms with Crippen LogP contribution in [0.2, 0.25) is 0 Å². The fourth-order valence-corrected chi connectivity index (χ4v) is 3.33. The highest BCUT2D eigenvalue weighted by atomic mass is 35.5. The second-order valence-electron chi connectivity index (χ2n) is 5.25. The second kappa shape index (κ2) is 6.93. The van der Waals surface area contributed by atoms with E-state index in [0.29, 0.717) is 18.1 Å². The van der Waals surface area contributed by atoms with Gasteiger partial charge in [0.25, 0.3) is 0 Å². The van der Waals surface area contributed by atoms with Crippen LogP contribution in [-0.4, -0.2) is 55.7 Å². The zero-order valence-corrected chi connectivity index (χ0v) is 11.6. The number of alkyl halides is 1. The minimum absolute atomic E-state index is 0.361. The molecule has 17 heavy (non-hydrogen) atoms. The first-order valence-electron chi connectivity index (χ1n) is 6.96. The van der Waals surface area contributed by atoms with Gasteiger partial charge in [-0.15, -0.1) is 11.6 Å². The second-order valence-corrected chi connectivity index (χ2v) is 5.55. The van der Waals surface area contributed by atoms with Crippen molar-refractivity contribution in [3.8, 4) is 0 Å². The highest BCUT2D eigenvalue weighted by Gasteiger charge is 2.27. The van der Waals surface area contributed by atoms with Crippen LogP contribution in [0.4, 0.5) is 0 Å². The number of morpholine rings is 1. The van der Waals surface area contributed by atoms with E-state index in [9.17, 15) is 0 Å². The molecule has 1 saturated heterocycles. The molecular formula is C13H25ClN2O. The first-order chi connectivity index (χ1) is 8.33. The van der Waals surface area contributed by atoms with Gasteiger partial charge >= 0.3 is 0 Å². The largest absolute Gasteiger partial charge is 0.374 e. The summed E-state index contributed by atoms with van der Waals surface area (Å²) >= 11 is 5.99. The number of likely N-dealkylation sites (N-methyl/N-ethyl adjacent to an activating group) is 1. The van der Waals surface area contributed by atoms with Crippen molar-refractivity contribution in [2.75, 3.05) is 38.7 Å². The Bertz CT molecular complexity index is 227. The maximum atomic E-state index is 5.99. The maximum absolute atomic E-state index is 5.99. The van der Waals surface area contributed by atoms with Crippen molar-refractivity contribution < 1.29 is 4.74 Å². The number of hydrogen-bond donors (Lipinski definition) is 1. The van der Waals surface area contributed by atoms with Crippen molar-refractivity contribution in [2.45, 2.75) is 38.3 Å². The summed E-state index contributed by atoms with van der Waals surface area (Å²) in [6, 6.07) is 0.619. The van der Waals surface area contributed by atoms with Gasteiger partial charge in [-0.2, -0.15) is 0 Å². The highest BCUT2D eigenvalue weighted by Crippen LogP contribution is 2.26. The molecule has 1 saturated carbocycles. The van der Waals surface area contributed by atoms with Gasteiger partial charge in [-0.25, -0.2) is 0 Å². The van der Waals surface area contributed by atoms with E-state index in [1.165, 1.54) is 19.3 Å². The van der Waals surface area contributed by atoms with E-state index >= 15 is 0 Å². The molecule has 0 spiro atoms. The summed E-state index contributed by atoms with van der Waals surface area (Å²) in [7, 11) is 0. The SMILES string of the molecule is CCN1CCOC(CNC2CCCC2CCl)C1. The lowest BCUT2D eigenvalue weighted by Gasteiger charge is -2.33. The minimum atomic E-state index is 0.361. The molecule has 2 aliphatic rings. The number of nitrogens with one attached hydrogen (secondary N) is 1. The number of ether oxygens (including phenoxy) is 1. The van der Waals surface area contributed by atoms with Gasteiger partial charge in [-0.1, -0.05) is 13.3 Å². The fraction of sp³-hybridized carbons (Fsp3) is 1.00. The normalized spacial score (nSPS) is 35.3. The lowest BCUT2D eigenvalue weighted by Crippen LogP contribution is -2.48. The molecule has 2 fully saturated rings. The quantitative estimate of drug-likeness (QED) is 0.762. The third-order valence-electron chi connectivity index (χ3n) is 4.14. The van der Waals surface area contributed by atoms with Gasteiger partial charge in [-0.3, -0.25) is 4.90 Å². The lowest BCUT2D eigenvalue weighted by atomic mass is 10.1. The van der Waals surface area contributed by atoms with Crippen LogP contribution in [0, 0.1) is 5.92 Å². The van der Waals surface area contributed by atoms with Crippen molar-refractivity contribution >= 4 is 11.6 Å². The van der Waals surface area contributed by atoms with Gasteiger partial charge < -0.3 is 10.1 Å². The average molecular weight is 261 g/mol. The Labute approximate surface area is 110 Å². The van der Waals surface area contributed by atoms with Gasteiger partial charge in [0.1, 0.15) is 0 Å². The van der Waals surface area contributed by atoms with Crippen molar-refractivity contribution in [1.82, 2.24) is 10.2 Å². The fourth-order valence-electron chi connectivity index (χ4n) is 2.96. The highest BCUT2D eigenvalue weighted by molar-refractivity contribution is 6.18. The Hall–Kier alpha value is 0.170. The van der Waals surface area contributed by atoms with Crippen LogP contribution in [0.5, 0.6) is 0 Å². The molecule has 0 aromatic rings. The number of nitrogens with zero attached hydrogens (tertiary/aromatic N) is 1. The molecule has 0 bridgehead atoms. The van der Waals surface area contributed by atoms with Crippen LogP contribution >= 0.6 is 11.6 Å². The summed E-state index contributed by atoms with van der Waals surface area (Å²) in [5.74, 6) is 1.46. The molecular weight excluding hydrogens is 236 g/mol. The van der Waals surface area contributed by atoms with Crippen molar-refractivity contribution in [3.63, 3.8) is 0 Å². The third-order valence-corrected chi connectivity index (χ3v) is 4.53. The summed E-state index contributed by atoms with van der Waals surface area (Å²) in [6.07, 6.45) is 4.25. The molecule has 3 atom stereocenters. The van der Waals surface area contributed by atoms with Crippen LogP contribution in [0.1, 0.15) is 26.2 Å². The summed E-state index contributed by atoms with van der Waals surface area (Å²) in [4.78, 5) is 2.46. The van der Waals surface area contributed by atoms with Crippen molar-refractivity contribution in [2.24, 2.45) is 5.92 Å².